The molecule has 17 heavy (non-hydrogen) atoms. The van der Waals surface area contributed by atoms with Crippen LogP contribution < -0.4 is 5.73 Å². The molecule has 0 aliphatic heterocycles. The molecule has 2 aromatic rings. The molecule has 0 fully saturated rings. The van der Waals surface area contributed by atoms with Gasteiger partial charge in [-0.05, 0) is 5.56 Å². The fourth-order valence-corrected chi connectivity index (χ4v) is 1.73. The first kappa shape index (κ1) is 11.3. The van der Waals surface area contributed by atoms with E-state index in [1.165, 1.54) is 0 Å². The number of hydrogen-bond acceptors (Lipinski definition) is 3. The summed E-state index contributed by atoms with van der Waals surface area (Å²) in [6.07, 6.45) is 3.47. The van der Waals surface area contributed by atoms with Gasteiger partial charge in [0.2, 0.25) is 0 Å². The Bertz CT molecular complexity index is 548. The molecule has 0 radical (unpaired) electrons. The minimum atomic E-state index is -1.05. The summed E-state index contributed by atoms with van der Waals surface area (Å²) in [6, 6.07) is 6.10. The van der Waals surface area contributed by atoms with E-state index < -0.39 is 12.0 Å². The third-order valence-corrected chi connectivity index (χ3v) is 2.62. The number of aryl methyl sites for hydroxylation is 1. The minimum absolute atomic E-state index is 0.564. The van der Waals surface area contributed by atoms with Gasteiger partial charge in [-0.1, -0.05) is 24.3 Å². The molecular weight excluding hydrogens is 218 g/mol. The zero-order chi connectivity index (χ0) is 12.4. The maximum absolute atomic E-state index is 11.0. The highest BCUT2D eigenvalue weighted by atomic mass is 16.4. The first-order valence-electron chi connectivity index (χ1n) is 5.16. The van der Waals surface area contributed by atoms with Gasteiger partial charge in [-0.25, -0.2) is 4.98 Å². The largest absolute Gasteiger partial charge is 0.480 e. The van der Waals surface area contributed by atoms with Crippen LogP contribution in [0.4, 0.5) is 0 Å². The molecule has 1 atom stereocenters. The molecule has 5 nitrogen and oxygen atoms in total. The Kier molecular flexibility index (Phi) is 2.93. The number of carboxylic acid groups (broad SMARTS) is 1. The highest BCUT2D eigenvalue weighted by Gasteiger charge is 2.19. The van der Waals surface area contributed by atoms with E-state index in [1.807, 2.05) is 23.7 Å². The summed E-state index contributed by atoms with van der Waals surface area (Å²) in [5.74, 6) is -0.344. The molecule has 0 saturated heterocycles. The molecule has 1 aromatic heterocycles. The van der Waals surface area contributed by atoms with Crippen molar-refractivity contribution in [2.45, 2.75) is 6.04 Å². The summed E-state index contributed by atoms with van der Waals surface area (Å²) in [7, 11) is 1.85. The van der Waals surface area contributed by atoms with Crippen LogP contribution >= 0.6 is 0 Å². The number of benzene rings is 1. The molecule has 0 aliphatic rings. The molecule has 0 amide bonds. The van der Waals surface area contributed by atoms with Crippen molar-refractivity contribution in [2.24, 2.45) is 12.8 Å². The van der Waals surface area contributed by atoms with Gasteiger partial charge >= 0.3 is 5.97 Å². The van der Waals surface area contributed by atoms with E-state index in [0.717, 1.165) is 5.56 Å². The number of hydrogen-bond donors (Lipinski definition) is 2. The van der Waals surface area contributed by atoms with Crippen LogP contribution in [0, 0.1) is 0 Å². The van der Waals surface area contributed by atoms with Crippen LogP contribution in [0.2, 0.25) is 0 Å². The van der Waals surface area contributed by atoms with Gasteiger partial charge in [-0.3, -0.25) is 4.79 Å². The average molecular weight is 231 g/mol. The van der Waals surface area contributed by atoms with E-state index in [-0.39, 0.29) is 0 Å². The van der Waals surface area contributed by atoms with Crippen LogP contribution in [0.5, 0.6) is 0 Å². The minimum Gasteiger partial charge on any atom is -0.480 e. The lowest BCUT2D eigenvalue weighted by molar-refractivity contribution is -0.138. The predicted octanol–water partition coefficient (Wildman–Crippen LogP) is 1.17. The van der Waals surface area contributed by atoms with Gasteiger partial charge in [-0.2, -0.15) is 0 Å². The molecule has 1 aromatic carbocycles. The summed E-state index contributed by atoms with van der Waals surface area (Å²) in [5.41, 5.74) is 6.97. The standard InChI is InChI=1S/C12H13N3O2/c1-15-7-6-14-11(15)9-5-3-2-4-8(9)10(13)12(16)17/h2-7,10H,13H2,1H3,(H,16,17). The van der Waals surface area contributed by atoms with Crippen molar-refractivity contribution >= 4 is 5.97 Å². The van der Waals surface area contributed by atoms with Crippen molar-refractivity contribution in [1.82, 2.24) is 9.55 Å². The van der Waals surface area contributed by atoms with Gasteiger partial charge in [0.25, 0.3) is 0 Å². The summed E-state index contributed by atoms with van der Waals surface area (Å²) in [4.78, 5) is 15.2. The van der Waals surface area contributed by atoms with E-state index in [2.05, 4.69) is 4.98 Å². The average Bonchev–Trinajstić information content (AvgIpc) is 2.74. The lowest BCUT2D eigenvalue weighted by Gasteiger charge is -2.12. The molecule has 0 spiro atoms. The summed E-state index contributed by atoms with van der Waals surface area (Å²) >= 11 is 0. The van der Waals surface area contributed by atoms with E-state index in [4.69, 9.17) is 10.8 Å². The third-order valence-electron chi connectivity index (χ3n) is 2.62. The summed E-state index contributed by atoms with van der Waals surface area (Å²) < 4.78 is 1.83. The fourth-order valence-electron chi connectivity index (χ4n) is 1.73. The lowest BCUT2D eigenvalue weighted by Crippen LogP contribution is -2.21. The third kappa shape index (κ3) is 2.05. The van der Waals surface area contributed by atoms with Crippen LogP contribution in [0.1, 0.15) is 11.6 Å². The number of carbonyl (C=O) groups is 1. The molecular formula is C12H13N3O2. The van der Waals surface area contributed by atoms with Gasteiger partial charge in [0.15, 0.2) is 0 Å². The Morgan fingerprint density at radius 2 is 2.18 bits per heavy atom. The Morgan fingerprint density at radius 3 is 2.76 bits per heavy atom. The number of nitrogens with zero attached hydrogens (tertiary/aromatic N) is 2. The van der Waals surface area contributed by atoms with Crippen LogP contribution in [0.3, 0.4) is 0 Å². The predicted molar refractivity (Wildman–Crippen MR) is 63.2 cm³/mol. The second-order valence-corrected chi connectivity index (χ2v) is 3.76. The van der Waals surface area contributed by atoms with Gasteiger partial charge in [-0.15, -0.1) is 0 Å². The Hall–Kier alpha value is -2.14. The summed E-state index contributed by atoms with van der Waals surface area (Å²) in [6.45, 7) is 0. The van der Waals surface area contributed by atoms with Gasteiger partial charge < -0.3 is 15.4 Å². The van der Waals surface area contributed by atoms with E-state index in [9.17, 15) is 4.79 Å². The van der Waals surface area contributed by atoms with Crippen LogP contribution in [0.25, 0.3) is 11.4 Å². The molecule has 0 bridgehead atoms. The number of rotatable bonds is 3. The molecule has 0 saturated carbocycles. The Labute approximate surface area is 98.5 Å². The zero-order valence-electron chi connectivity index (χ0n) is 9.37. The topological polar surface area (TPSA) is 81.1 Å². The molecule has 3 N–H and O–H groups in total. The second-order valence-electron chi connectivity index (χ2n) is 3.76. The Balaban J connectivity index is 2.56. The smallest absolute Gasteiger partial charge is 0.325 e. The monoisotopic (exact) mass is 231 g/mol. The SMILES string of the molecule is Cn1ccnc1-c1ccccc1C(N)C(=O)O. The van der Waals surface area contributed by atoms with Crippen molar-refractivity contribution < 1.29 is 9.90 Å². The van der Waals surface area contributed by atoms with Gasteiger partial charge in [0, 0.05) is 25.0 Å². The number of aliphatic carboxylic acids is 1. The van der Waals surface area contributed by atoms with Crippen LogP contribution in [0.15, 0.2) is 36.7 Å². The van der Waals surface area contributed by atoms with Crippen molar-refractivity contribution in [1.29, 1.82) is 0 Å². The van der Waals surface area contributed by atoms with E-state index >= 15 is 0 Å². The second kappa shape index (κ2) is 4.39. The molecule has 5 heteroatoms. The number of imidazole rings is 1. The maximum atomic E-state index is 11.0. The molecule has 88 valence electrons. The molecule has 2 rings (SSSR count). The van der Waals surface area contributed by atoms with Crippen LogP contribution in [-0.4, -0.2) is 20.6 Å². The number of carboxylic acids is 1. The molecule has 1 unspecified atom stereocenters. The summed E-state index contributed by atoms with van der Waals surface area (Å²) in [5, 5.41) is 8.97. The highest BCUT2D eigenvalue weighted by molar-refractivity contribution is 5.79. The first-order valence-corrected chi connectivity index (χ1v) is 5.16. The molecule has 0 aliphatic carbocycles. The van der Waals surface area contributed by atoms with Gasteiger partial charge in [0.05, 0.1) is 0 Å². The van der Waals surface area contributed by atoms with E-state index in [0.29, 0.717) is 11.4 Å². The van der Waals surface area contributed by atoms with Crippen molar-refractivity contribution in [2.75, 3.05) is 0 Å². The normalized spacial score (nSPS) is 12.4. The number of nitrogens with two attached hydrogens (primary N) is 1. The van der Waals surface area contributed by atoms with Crippen molar-refractivity contribution in [3.63, 3.8) is 0 Å². The fraction of sp³-hybridized carbons (Fsp3) is 0.167. The van der Waals surface area contributed by atoms with Crippen molar-refractivity contribution in [3.8, 4) is 11.4 Å². The zero-order valence-corrected chi connectivity index (χ0v) is 9.37. The first-order chi connectivity index (χ1) is 8.11. The van der Waals surface area contributed by atoms with E-state index in [1.54, 1.807) is 24.5 Å². The van der Waals surface area contributed by atoms with Crippen molar-refractivity contribution in [3.05, 3.63) is 42.2 Å². The maximum Gasteiger partial charge on any atom is 0.325 e. The van der Waals surface area contributed by atoms with Gasteiger partial charge in [0.1, 0.15) is 11.9 Å². The van der Waals surface area contributed by atoms with Crippen LogP contribution in [-0.2, 0) is 11.8 Å². The molecule has 1 heterocycles. The lowest BCUT2D eigenvalue weighted by atomic mass is 10.0. The quantitative estimate of drug-likeness (QED) is 0.830. The Morgan fingerprint density at radius 1 is 1.47 bits per heavy atom. The highest BCUT2D eigenvalue weighted by Crippen LogP contribution is 2.25. The number of aromatic nitrogens is 2.